The van der Waals surface area contributed by atoms with Crippen LogP contribution in [0.4, 0.5) is 0 Å². The molecule has 170 valence electrons. The van der Waals surface area contributed by atoms with Gasteiger partial charge in [0, 0.05) is 0 Å². The number of carboxylic acids is 1. The molecule has 0 rings (SSSR count). The van der Waals surface area contributed by atoms with E-state index in [1.54, 1.807) is 0 Å². The first kappa shape index (κ1) is 27.7. The summed E-state index contributed by atoms with van der Waals surface area (Å²) in [5.74, 6) is -1.87. The highest BCUT2D eigenvalue weighted by molar-refractivity contribution is 5.78. The molecule has 4 nitrogen and oxygen atoms in total. The third-order valence-electron chi connectivity index (χ3n) is 5.29. The summed E-state index contributed by atoms with van der Waals surface area (Å²) in [4.78, 5) is 22.9. The van der Waals surface area contributed by atoms with Crippen LogP contribution < -0.4 is 0 Å². The van der Waals surface area contributed by atoms with Crippen LogP contribution in [0.15, 0.2) is 12.2 Å². The van der Waals surface area contributed by atoms with Gasteiger partial charge < -0.3 is 9.84 Å². The summed E-state index contributed by atoms with van der Waals surface area (Å²) in [6.07, 6.45) is 23.3. The van der Waals surface area contributed by atoms with E-state index in [1.165, 1.54) is 70.6 Å². The van der Waals surface area contributed by atoms with Gasteiger partial charge in [0.25, 0.3) is 0 Å². The fraction of sp³-hybridized carbons (Fsp3) is 0.840. The molecule has 0 saturated heterocycles. The van der Waals surface area contributed by atoms with E-state index < -0.39 is 11.9 Å². The second-order valence-corrected chi connectivity index (χ2v) is 8.19. The van der Waals surface area contributed by atoms with Gasteiger partial charge in [-0.1, -0.05) is 90.2 Å². The van der Waals surface area contributed by atoms with E-state index in [0.717, 1.165) is 25.7 Å². The van der Waals surface area contributed by atoms with E-state index in [2.05, 4.69) is 19.1 Å². The molecule has 0 aromatic carbocycles. The van der Waals surface area contributed by atoms with Gasteiger partial charge in [-0.05, 0) is 38.5 Å². The molecule has 0 amide bonds. The first-order chi connectivity index (χ1) is 14.1. The smallest absolute Gasteiger partial charge is 0.307 e. The largest absolute Gasteiger partial charge is 0.481 e. The molecule has 0 fully saturated rings. The lowest BCUT2D eigenvalue weighted by Crippen LogP contribution is -2.19. The van der Waals surface area contributed by atoms with Crippen LogP contribution in [-0.2, 0) is 14.3 Å². The van der Waals surface area contributed by atoms with Crippen molar-refractivity contribution in [1.29, 1.82) is 0 Å². The molecular formula is C25H46O4. The number of carboxylic acid groups (broad SMARTS) is 1. The van der Waals surface area contributed by atoms with Gasteiger partial charge in [0.1, 0.15) is 0 Å². The molecule has 1 atom stereocenters. The van der Waals surface area contributed by atoms with E-state index >= 15 is 0 Å². The average Bonchev–Trinajstić information content (AvgIpc) is 2.70. The molecule has 1 unspecified atom stereocenters. The van der Waals surface area contributed by atoms with Crippen molar-refractivity contribution in [2.75, 3.05) is 6.61 Å². The van der Waals surface area contributed by atoms with Gasteiger partial charge in [0.05, 0.1) is 18.9 Å². The molecular weight excluding hydrogens is 364 g/mol. The van der Waals surface area contributed by atoms with E-state index in [9.17, 15) is 14.7 Å². The number of aliphatic carboxylic acids is 1. The summed E-state index contributed by atoms with van der Waals surface area (Å²) in [6.45, 7) is 4.55. The van der Waals surface area contributed by atoms with Gasteiger partial charge in [0.15, 0.2) is 0 Å². The lowest BCUT2D eigenvalue weighted by Gasteiger charge is -2.11. The van der Waals surface area contributed by atoms with Crippen molar-refractivity contribution < 1.29 is 19.4 Å². The molecule has 0 aromatic rings. The number of unbranched alkanes of at least 4 members (excludes halogenated alkanes) is 12. The topological polar surface area (TPSA) is 63.6 Å². The minimum atomic E-state index is -0.882. The third-order valence-corrected chi connectivity index (χ3v) is 5.29. The number of ether oxygens (including phenoxy) is 1. The van der Waals surface area contributed by atoms with Gasteiger partial charge in [-0.15, -0.1) is 0 Å². The molecule has 0 bridgehead atoms. The Morgan fingerprint density at radius 1 is 0.759 bits per heavy atom. The van der Waals surface area contributed by atoms with Crippen molar-refractivity contribution in [3.8, 4) is 0 Å². The zero-order chi connectivity index (χ0) is 21.6. The minimum absolute atomic E-state index is 0.00158. The molecule has 0 aliphatic rings. The molecule has 29 heavy (non-hydrogen) atoms. The lowest BCUT2D eigenvalue weighted by atomic mass is 9.97. The Morgan fingerprint density at radius 3 is 1.79 bits per heavy atom. The quantitative estimate of drug-likeness (QED) is 0.121. The van der Waals surface area contributed by atoms with Crippen LogP contribution >= 0.6 is 0 Å². The number of carbonyl (C=O) groups excluding carboxylic acids is 1. The van der Waals surface area contributed by atoms with Gasteiger partial charge in [-0.2, -0.15) is 0 Å². The summed E-state index contributed by atoms with van der Waals surface area (Å²) in [6, 6.07) is 0. The Morgan fingerprint density at radius 2 is 1.28 bits per heavy atom. The minimum Gasteiger partial charge on any atom is -0.481 e. The van der Waals surface area contributed by atoms with Gasteiger partial charge in [-0.3, -0.25) is 9.59 Å². The summed E-state index contributed by atoms with van der Waals surface area (Å²) < 4.78 is 5.00. The normalized spacial score (nSPS) is 12.3. The van der Waals surface area contributed by atoms with Crippen LogP contribution in [0.25, 0.3) is 0 Å². The monoisotopic (exact) mass is 410 g/mol. The van der Waals surface area contributed by atoms with Crippen molar-refractivity contribution in [2.24, 2.45) is 5.92 Å². The van der Waals surface area contributed by atoms with Crippen LogP contribution in [0.2, 0.25) is 0 Å². The Labute approximate surface area is 179 Å². The summed E-state index contributed by atoms with van der Waals surface area (Å²) in [7, 11) is 0. The molecule has 0 aliphatic heterocycles. The molecule has 0 spiro atoms. The highest BCUT2D eigenvalue weighted by Gasteiger charge is 2.21. The molecule has 0 radical (unpaired) electrons. The molecule has 0 saturated carbocycles. The Kier molecular flexibility index (Phi) is 20.4. The zero-order valence-electron chi connectivity index (χ0n) is 19.1. The molecule has 0 heterocycles. The van der Waals surface area contributed by atoms with Crippen LogP contribution in [0.3, 0.4) is 0 Å². The van der Waals surface area contributed by atoms with Crippen LogP contribution in [-0.4, -0.2) is 23.7 Å². The third kappa shape index (κ3) is 19.8. The van der Waals surface area contributed by atoms with Crippen molar-refractivity contribution >= 4 is 11.9 Å². The predicted molar refractivity (Wildman–Crippen MR) is 121 cm³/mol. The number of hydrogen-bond donors (Lipinski definition) is 1. The summed E-state index contributed by atoms with van der Waals surface area (Å²) in [5, 5.41) is 9.26. The highest BCUT2D eigenvalue weighted by Crippen LogP contribution is 2.17. The van der Waals surface area contributed by atoms with Crippen LogP contribution in [0, 0.1) is 5.92 Å². The van der Waals surface area contributed by atoms with E-state index in [-0.39, 0.29) is 12.4 Å². The summed E-state index contributed by atoms with van der Waals surface area (Å²) >= 11 is 0. The van der Waals surface area contributed by atoms with Crippen molar-refractivity contribution in [3.63, 3.8) is 0 Å². The van der Waals surface area contributed by atoms with Crippen molar-refractivity contribution in [1.82, 2.24) is 0 Å². The number of esters is 1. The highest BCUT2D eigenvalue weighted by atomic mass is 16.5. The fourth-order valence-corrected chi connectivity index (χ4v) is 3.43. The second-order valence-electron chi connectivity index (χ2n) is 8.19. The van der Waals surface area contributed by atoms with E-state index in [4.69, 9.17) is 4.74 Å². The standard InChI is InChI=1S/C25H46O4/c1-3-5-6-7-8-9-10-11-12-13-14-15-16-17-18-19-20-23(25(27)28)22-24(26)29-21-4-2/h10-11,23H,3-9,12-22H2,1-2H3,(H,27,28)/b11-10+. The predicted octanol–water partition coefficient (Wildman–Crippen LogP) is 7.46. The average molecular weight is 411 g/mol. The first-order valence-electron chi connectivity index (χ1n) is 12.1. The maximum absolute atomic E-state index is 11.6. The van der Waals surface area contributed by atoms with Crippen LogP contribution in [0.5, 0.6) is 0 Å². The Bertz CT molecular complexity index is 417. The fourth-order valence-electron chi connectivity index (χ4n) is 3.43. The maximum Gasteiger partial charge on any atom is 0.307 e. The lowest BCUT2D eigenvalue weighted by molar-refractivity contribution is -0.151. The second kappa shape index (κ2) is 21.4. The first-order valence-corrected chi connectivity index (χ1v) is 12.1. The maximum atomic E-state index is 11.6. The van der Waals surface area contributed by atoms with Crippen molar-refractivity contribution in [3.05, 3.63) is 12.2 Å². The number of carbonyl (C=O) groups is 2. The molecule has 1 N–H and O–H groups in total. The zero-order valence-corrected chi connectivity index (χ0v) is 19.1. The SMILES string of the molecule is CCCCCCC/C=C/CCCCCCCCCC(CC(=O)OCCC)C(=O)O. The molecule has 4 heteroatoms. The molecule has 0 aliphatic carbocycles. The van der Waals surface area contributed by atoms with Gasteiger partial charge >= 0.3 is 11.9 Å². The van der Waals surface area contributed by atoms with Gasteiger partial charge in [-0.25, -0.2) is 0 Å². The van der Waals surface area contributed by atoms with Gasteiger partial charge in [0.2, 0.25) is 0 Å². The van der Waals surface area contributed by atoms with Crippen LogP contribution in [0.1, 0.15) is 123 Å². The summed E-state index contributed by atoms with van der Waals surface area (Å²) in [5.41, 5.74) is 0. The van der Waals surface area contributed by atoms with E-state index in [1.807, 2.05) is 6.92 Å². The van der Waals surface area contributed by atoms with Crippen molar-refractivity contribution in [2.45, 2.75) is 123 Å². The van der Waals surface area contributed by atoms with E-state index in [0.29, 0.717) is 13.0 Å². The number of hydrogen-bond acceptors (Lipinski definition) is 3. The Balaban J connectivity index is 3.50. The Hall–Kier alpha value is -1.32. The number of rotatable bonds is 21. The number of allylic oxidation sites excluding steroid dienone is 2. The molecule has 0 aromatic heterocycles.